The van der Waals surface area contributed by atoms with Gasteiger partial charge in [0.2, 0.25) is 0 Å². The molecule has 0 spiro atoms. The van der Waals surface area contributed by atoms with Crippen LogP contribution in [0.4, 0.5) is 0 Å². The van der Waals surface area contributed by atoms with E-state index in [0.29, 0.717) is 5.92 Å². The van der Waals surface area contributed by atoms with Gasteiger partial charge in [0, 0.05) is 0 Å². The van der Waals surface area contributed by atoms with Crippen molar-refractivity contribution in [2.24, 2.45) is 11.3 Å². The van der Waals surface area contributed by atoms with Crippen molar-refractivity contribution in [1.29, 1.82) is 0 Å². The van der Waals surface area contributed by atoms with E-state index in [0.717, 1.165) is 38.5 Å². The first-order chi connectivity index (χ1) is 28.6. The van der Waals surface area contributed by atoms with Crippen LogP contribution in [-0.4, -0.2) is 11.1 Å². The van der Waals surface area contributed by atoms with Crippen molar-refractivity contribution < 1.29 is 9.90 Å². The summed E-state index contributed by atoms with van der Waals surface area (Å²) in [6, 6.07) is 0. The van der Waals surface area contributed by atoms with Gasteiger partial charge in [0.1, 0.15) is 0 Å². The minimum atomic E-state index is -0.503. The van der Waals surface area contributed by atoms with Crippen LogP contribution in [-0.2, 0) is 4.79 Å². The van der Waals surface area contributed by atoms with Gasteiger partial charge in [-0.1, -0.05) is 317 Å². The average molecular weight is 818 g/mol. The Kier molecular flexibility index (Phi) is 47.1. The van der Waals surface area contributed by atoms with Crippen LogP contribution >= 0.6 is 0 Å². The predicted molar refractivity (Wildman–Crippen MR) is 262 cm³/mol. The number of unbranched alkanes of at least 4 members (excludes halogenated alkanes) is 41. The van der Waals surface area contributed by atoms with Crippen LogP contribution in [0.15, 0.2) is 0 Å². The molecule has 0 rings (SSSR count). The summed E-state index contributed by atoms with van der Waals surface area (Å²) in [5.41, 5.74) is -0.503. The van der Waals surface area contributed by atoms with Gasteiger partial charge in [0.15, 0.2) is 0 Å². The van der Waals surface area contributed by atoms with Crippen LogP contribution in [0.25, 0.3) is 0 Å². The number of hydrogen-bond donors (Lipinski definition) is 1. The topological polar surface area (TPSA) is 37.3 Å². The molecule has 0 aliphatic rings. The van der Waals surface area contributed by atoms with Crippen molar-refractivity contribution in [1.82, 2.24) is 0 Å². The zero-order valence-electron chi connectivity index (χ0n) is 41.1. The van der Waals surface area contributed by atoms with Crippen molar-refractivity contribution >= 4 is 5.97 Å². The van der Waals surface area contributed by atoms with Crippen molar-refractivity contribution in [3.63, 3.8) is 0 Å². The maximum absolute atomic E-state index is 13.7. The van der Waals surface area contributed by atoms with Crippen molar-refractivity contribution in [3.8, 4) is 0 Å². The molecule has 0 aromatic carbocycles. The molecule has 0 aliphatic carbocycles. The zero-order chi connectivity index (χ0) is 42.3. The molecule has 0 fully saturated rings. The van der Waals surface area contributed by atoms with Gasteiger partial charge in [-0.25, -0.2) is 0 Å². The highest BCUT2D eigenvalue weighted by Gasteiger charge is 2.43. The Balaban J connectivity index is 5.06. The van der Waals surface area contributed by atoms with Crippen LogP contribution in [0.2, 0.25) is 0 Å². The highest BCUT2D eigenvalue weighted by molar-refractivity contribution is 5.75. The highest BCUT2D eigenvalue weighted by atomic mass is 16.4. The fraction of sp³-hybridized carbons (Fsp3) is 0.982. The van der Waals surface area contributed by atoms with Crippen LogP contribution in [0.3, 0.4) is 0 Å². The summed E-state index contributed by atoms with van der Waals surface area (Å²) >= 11 is 0. The van der Waals surface area contributed by atoms with Crippen molar-refractivity contribution in [2.45, 2.75) is 342 Å². The largest absolute Gasteiger partial charge is 0.481 e. The molecule has 2 heteroatoms. The lowest BCUT2D eigenvalue weighted by Gasteiger charge is -2.38. The summed E-state index contributed by atoms with van der Waals surface area (Å²) in [6.07, 6.45) is 65.2. The van der Waals surface area contributed by atoms with Crippen LogP contribution in [0.1, 0.15) is 342 Å². The quantitative estimate of drug-likeness (QED) is 0.0621. The van der Waals surface area contributed by atoms with Crippen LogP contribution < -0.4 is 0 Å². The maximum Gasteiger partial charge on any atom is 0.309 e. The average Bonchev–Trinajstić information content (AvgIpc) is 3.22. The summed E-state index contributed by atoms with van der Waals surface area (Å²) in [4.78, 5) is 13.7. The summed E-state index contributed by atoms with van der Waals surface area (Å²) in [6.45, 7) is 9.22. The number of carboxylic acid groups (broad SMARTS) is 1. The van der Waals surface area contributed by atoms with E-state index in [4.69, 9.17) is 0 Å². The lowest BCUT2D eigenvalue weighted by Crippen LogP contribution is -2.39. The molecule has 0 saturated carbocycles. The minimum Gasteiger partial charge on any atom is -0.481 e. The predicted octanol–water partition coefficient (Wildman–Crippen LogP) is 20.9. The molecular weight excluding hydrogens is 705 g/mol. The summed E-state index contributed by atoms with van der Waals surface area (Å²) in [5, 5.41) is 11.2. The Morgan fingerprint density at radius 1 is 0.293 bits per heavy atom. The van der Waals surface area contributed by atoms with E-state index in [9.17, 15) is 9.90 Å². The first-order valence-corrected chi connectivity index (χ1v) is 27.8. The Bertz CT molecular complexity index is 777. The van der Waals surface area contributed by atoms with E-state index in [1.54, 1.807) is 0 Å². The zero-order valence-corrected chi connectivity index (χ0v) is 41.1. The molecule has 0 heterocycles. The standard InChI is InChI=1S/C56H112O2/c1-5-9-13-17-21-24-26-28-30-31-33-35-38-41-45-49-53-56(55(57)58,52-48-44-40-37-34-32-29-27-25-22-18-14-10-6-2)54(50-46-42-20-16-12-8-4)51-47-43-39-36-23-19-15-11-7-3/h54H,5-53H2,1-4H3,(H,57,58). The number of carboxylic acids is 1. The lowest BCUT2D eigenvalue weighted by atomic mass is 9.65. The van der Waals surface area contributed by atoms with Gasteiger partial charge in [-0.2, -0.15) is 0 Å². The first kappa shape index (κ1) is 57.5. The highest BCUT2D eigenvalue weighted by Crippen LogP contribution is 2.45. The van der Waals surface area contributed by atoms with E-state index >= 15 is 0 Å². The molecule has 1 N–H and O–H groups in total. The third-order valence-corrected chi connectivity index (χ3v) is 14.2. The first-order valence-electron chi connectivity index (χ1n) is 27.8. The Hall–Kier alpha value is -0.530. The molecule has 0 radical (unpaired) electrons. The number of hydrogen-bond acceptors (Lipinski definition) is 1. The second-order valence-corrected chi connectivity index (χ2v) is 19.7. The SMILES string of the molecule is CCCCCCCCCCCCCCCCCCC(CCCCCCCCCCCCCCCC)(C(=O)O)C(CCCCCCCC)CCCCCCCCCCC. The smallest absolute Gasteiger partial charge is 0.309 e. The third kappa shape index (κ3) is 37.2. The Morgan fingerprint density at radius 2 is 0.466 bits per heavy atom. The Labute approximate surface area is 368 Å². The van der Waals surface area contributed by atoms with E-state index in [1.165, 1.54) is 276 Å². The summed E-state index contributed by atoms with van der Waals surface area (Å²) in [5.74, 6) is -0.0749. The molecular formula is C56H112O2. The minimum absolute atomic E-state index is 0.360. The molecule has 0 aromatic heterocycles. The van der Waals surface area contributed by atoms with E-state index in [1.807, 2.05) is 0 Å². The molecule has 0 aromatic rings. The van der Waals surface area contributed by atoms with Crippen LogP contribution in [0, 0.1) is 11.3 Å². The van der Waals surface area contributed by atoms with Gasteiger partial charge in [-0.05, 0) is 31.6 Å². The second-order valence-electron chi connectivity index (χ2n) is 19.7. The number of carbonyl (C=O) groups is 1. The van der Waals surface area contributed by atoms with Crippen molar-refractivity contribution in [3.05, 3.63) is 0 Å². The second kappa shape index (κ2) is 47.5. The Morgan fingerprint density at radius 3 is 0.655 bits per heavy atom. The molecule has 0 saturated heterocycles. The summed E-state index contributed by atoms with van der Waals surface area (Å²) in [7, 11) is 0. The number of rotatable bonds is 51. The molecule has 0 aliphatic heterocycles. The monoisotopic (exact) mass is 817 g/mol. The normalized spacial score (nSPS) is 13.3. The molecule has 2 nitrogen and oxygen atoms in total. The van der Waals surface area contributed by atoms with E-state index in [-0.39, 0.29) is 0 Å². The lowest BCUT2D eigenvalue weighted by molar-refractivity contribution is -0.155. The molecule has 2 unspecified atom stereocenters. The number of aliphatic carboxylic acids is 1. The van der Waals surface area contributed by atoms with Gasteiger partial charge in [-0.3, -0.25) is 4.79 Å². The van der Waals surface area contributed by atoms with E-state index in [2.05, 4.69) is 27.7 Å². The molecule has 0 amide bonds. The van der Waals surface area contributed by atoms with Gasteiger partial charge < -0.3 is 5.11 Å². The fourth-order valence-corrected chi connectivity index (χ4v) is 10.1. The van der Waals surface area contributed by atoms with Gasteiger partial charge in [-0.15, -0.1) is 0 Å². The molecule has 2 atom stereocenters. The van der Waals surface area contributed by atoms with Crippen molar-refractivity contribution in [2.75, 3.05) is 0 Å². The third-order valence-electron chi connectivity index (χ3n) is 14.2. The van der Waals surface area contributed by atoms with Crippen LogP contribution in [0.5, 0.6) is 0 Å². The van der Waals surface area contributed by atoms with Gasteiger partial charge >= 0.3 is 5.97 Å². The molecule has 0 bridgehead atoms. The summed E-state index contributed by atoms with van der Waals surface area (Å²) < 4.78 is 0. The van der Waals surface area contributed by atoms with Gasteiger partial charge in [0.05, 0.1) is 5.41 Å². The molecule has 348 valence electrons. The fourth-order valence-electron chi connectivity index (χ4n) is 10.1. The van der Waals surface area contributed by atoms with E-state index < -0.39 is 11.4 Å². The molecule has 58 heavy (non-hydrogen) atoms. The maximum atomic E-state index is 13.7. The van der Waals surface area contributed by atoms with Gasteiger partial charge in [0.25, 0.3) is 0 Å².